The summed E-state index contributed by atoms with van der Waals surface area (Å²) in [5.74, 6) is 2.64. The van der Waals surface area contributed by atoms with E-state index in [-0.39, 0.29) is 0 Å². The van der Waals surface area contributed by atoms with Gasteiger partial charge in [-0.25, -0.2) is 0 Å². The zero-order chi connectivity index (χ0) is 17.1. The summed E-state index contributed by atoms with van der Waals surface area (Å²) in [5.41, 5.74) is 2.56. The van der Waals surface area contributed by atoms with Gasteiger partial charge >= 0.3 is 0 Å². The fourth-order valence-electron chi connectivity index (χ4n) is 3.62. The largest absolute Gasteiger partial charge is 0.310 e. The zero-order valence-electron chi connectivity index (χ0n) is 14.7. The Morgan fingerprint density at radius 1 is 0.880 bits per heavy atom. The molecule has 1 aromatic heterocycles. The molecule has 1 aliphatic rings. The van der Waals surface area contributed by atoms with Crippen molar-refractivity contribution in [3.63, 3.8) is 0 Å². The average Bonchev–Trinajstić information content (AvgIpc) is 2.98. The average molecular weight is 332 g/mol. The number of nitrogens with zero attached hydrogens (tertiary/aromatic N) is 4. The highest BCUT2D eigenvalue weighted by molar-refractivity contribution is 5.55. The van der Waals surface area contributed by atoms with Crippen molar-refractivity contribution in [1.29, 1.82) is 0 Å². The molecule has 0 amide bonds. The van der Waals surface area contributed by atoms with Crippen LogP contribution in [0.15, 0.2) is 60.7 Å². The Kier molecular flexibility index (Phi) is 4.61. The minimum Gasteiger partial charge on any atom is -0.310 e. The fraction of sp³-hybridized carbons (Fsp3) is 0.333. The molecular weight excluding hydrogens is 308 g/mol. The monoisotopic (exact) mass is 332 g/mol. The lowest BCUT2D eigenvalue weighted by atomic mass is 10.0. The van der Waals surface area contributed by atoms with E-state index >= 15 is 0 Å². The second-order valence-electron chi connectivity index (χ2n) is 6.82. The smallest absolute Gasteiger partial charge is 0.164 e. The highest BCUT2D eigenvalue weighted by Gasteiger charge is 2.20. The number of rotatable bonds is 4. The molecule has 25 heavy (non-hydrogen) atoms. The number of hydrogen-bond acceptors (Lipinski definition) is 3. The molecule has 0 unspecified atom stereocenters. The highest BCUT2D eigenvalue weighted by Crippen LogP contribution is 2.21. The van der Waals surface area contributed by atoms with Gasteiger partial charge in [-0.1, -0.05) is 67.6 Å². The lowest BCUT2D eigenvalue weighted by molar-refractivity contribution is 0.266. The molecule has 0 fully saturated rings. The van der Waals surface area contributed by atoms with Crippen LogP contribution in [0.3, 0.4) is 0 Å². The van der Waals surface area contributed by atoms with E-state index < -0.39 is 0 Å². The SMILES string of the molecule is C[C@@H](CN1CCc2nnc(-c3ccccc3)n2CC1)c1ccccc1. The van der Waals surface area contributed by atoms with Gasteiger partial charge in [-0.2, -0.15) is 0 Å². The van der Waals surface area contributed by atoms with Crippen molar-refractivity contribution in [1.82, 2.24) is 19.7 Å². The lowest BCUT2D eigenvalue weighted by Crippen LogP contribution is -2.30. The Bertz CT molecular complexity index is 810. The van der Waals surface area contributed by atoms with Crippen molar-refractivity contribution in [2.75, 3.05) is 19.6 Å². The number of aromatic nitrogens is 3. The van der Waals surface area contributed by atoms with Crippen LogP contribution in [-0.2, 0) is 13.0 Å². The fourth-order valence-corrected chi connectivity index (χ4v) is 3.62. The predicted molar refractivity (Wildman–Crippen MR) is 100 cm³/mol. The maximum atomic E-state index is 4.45. The summed E-state index contributed by atoms with van der Waals surface area (Å²) >= 11 is 0. The molecule has 1 atom stereocenters. The molecule has 4 heteroatoms. The summed E-state index contributed by atoms with van der Waals surface area (Å²) in [6.45, 7) is 6.44. The first-order chi connectivity index (χ1) is 12.3. The maximum absolute atomic E-state index is 4.45. The van der Waals surface area contributed by atoms with Crippen LogP contribution in [-0.4, -0.2) is 39.3 Å². The third-order valence-corrected chi connectivity index (χ3v) is 5.05. The summed E-state index contributed by atoms with van der Waals surface area (Å²) in [4.78, 5) is 2.56. The molecule has 0 aliphatic carbocycles. The summed E-state index contributed by atoms with van der Waals surface area (Å²) in [6.07, 6.45) is 0.960. The van der Waals surface area contributed by atoms with E-state index in [1.54, 1.807) is 0 Å². The number of hydrogen-bond donors (Lipinski definition) is 0. The van der Waals surface area contributed by atoms with Crippen molar-refractivity contribution in [2.24, 2.45) is 0 Å². The van der Waals surface area contributed by atoms with Crippen LogP contribution >= 0.6 is 0 Å². The molecule has 0 bridgehead atoms. The van der Waals surface area contributed by atoms with E-state index in [0.29, 0.717) is 5.92 Å². The second kappa shape index (κ2) is 7.19. The van der Waals surface area contributed by atoms with E-state index in [1.807, 2.05) is 6.07 Å². The van der Waals surface area contributed by atoms with Gasteiger partial charge in [0.1, 0.15) is 5.82 Å². The molecule has 4 rings (SSSR count). The van der Waals surface area contributed by atoms with Crippen molar-refractivity contribution < 1.29 is 0 Å². The zero-order valence-corrected chi connectivity index (χ0v) is 14.7. The molecule has 2 aromatic carbocycles. The molecule has 4 nitrogen and oxygen atoms in total. The van der Waals surface area contributed by atoms with Gasteiger partial charge in [-0.05, 0) is 11.5 Å². The van der Waals surface area contributed by atoms with Crippen LogP contribution in [0.4, 0.5) is 0 Å². The standard InChI is InChI=1S/C21H24N4/c1-17(18-8-4-2-5-9-18)16-24-13-12-20-22-23-21(25(20)15-14-24)19-10-6-3-7-11-19/h2-11,17H,12-16H2,1H3/t17-/m0/s1. The van der Waals surface area contributed by atoms with Crippen molar-refractivity contribution >= 4 is 0 Å². The molecule has 0 radical (unpaired) electrons. The van der Waals surface area contributed by atoms with Crippen LogP contribution in [0.25, 0.3) is 11.4 Å². The number of fused-ring (bicyclic) bond motifs is 1. The predicted octanol–water partition coefficient (Wildman–Crippen LogP) is 3.61. The van der Waals surface area contributed by atoms with E-state index in [1.165, 1.54) is 5.56 Å². The maximum Gasteiger partial charge on any atom is 0.164 e. The summed E-state index contributed by atoms with van der Waals surface area (Å²) in [5, 5.41) is 8.89. The first kappa shape index (κ1) is 16.0. The van der Waals surface area contributed by atoms with Crippen molar-refractivity contribution in [2.45, 2.75) is 25.8 Å². The van der Waals surface area contributed by atoms with Gasteiger partial charge in [0.2, 0.25) is 0 Å². The Labute approximate surface area is 149 Å². The minimum atomic E-state index is 0.540. The lowest BCUT2D eigenvalue weighted by Gasteiger charge is -2.24. The van der Waals surface area contributed by atoms with Gasteiger partial charge in [0, 0.05) is 38.2 Å². The molecule has 0 saturated carbocycles. The van der Waals surface area contributed by atoms with E-state index in [4.69, 9.17) is 0 Å². The minimum absolute atomic E-state index is 0.540. The third kappa shape index (κ3) is 3.49. The Balaban J connectivity index is 1.47. The van der Waals surface area contributed by atoms with Crippen LogP contribution in [0.5, 0.6) is 0 Å². The van der Waals surface area contributed by atoms with Gasteiger partial charge in [-0.3, -0.25) is 0 Å². The first-order valence-corrected chi connectivity index (χ1v) is 9.06. The second-order valence-corrected chi connectivity index (χ2v) is 6.82. The van der Waals surface area contributed by atoms with Gasteiger partial charge in [-0.15, -0.1) is 10.2 Å². The van der Waals surface area contributed by atoms with Crippen LogP contribution in [0.2, 0.25) is 0 Å². The first-order valence-electron chi connectivity index (χ1n) is 9.06. The third-order valence-electron chi connectivity index (χ3n) is 5.05. The van der Waals surface area contributed by atoms with E-state index in [9.17, 15) is 0 Å². The van der Waals surface area contributed by atoms with Crippen LogP contribution < -0.4 is 0 Å². The normalized spacial score (nSPS) is 16.2. The van der Waals surface area contributed by atoms with Crippen LogP contribution in [0.1, 0.15) is 24.2 Å². The van der Waals surface area contributed by atoms with Crippen LogP contribution in [0, 0.1) is 0 Å². The Morgan fingerprint density at radius 2 is 1.60 bits per heavy atom. The molecule has 0 spiro atoms. The van der Waals surface area contributed by atoms with E-state index in [0.717, 1.165) is 49.8 Å². The molecule has 0 N–H and O–H groups in total. The Hall–Kier alpha value is -2.46. The molecule has 2 heterocycles. The summed E-state index contributed by atoms with van der Waals surface area (Å²) in [7, 11) is 0. The summed E-state index contributed by atoms with van der Waals surface area (Å²) in [6, 6.07) is 21.2. The van der Waals surface area contributed by atoms with Crippen molar-refractivity contribution in [3.8, 4) is 11.4 Å². The number of benzene rings is 2. The van der Waals surface area contributed by atoms with E-state index in [2.05, 4.69) is 81.2 Å². The van der Waals surface area contributed by atoms with Gasteiger partial charge in [0.25, 0.3) is 0 Å². The molecule has 3 aromatic rings. The molecule has 0 saturated heterocycles. The molecular formula is C21H24N4. The van der Waals surface area contributed by atoms with Gasteiger partial charge < -0.3 is 9.47 Å². The Morgan fingerprint density at radius 3 is 2.36 bits per heavy atom. The topological polar surface area (TPSA) is 34.0 Å². The summed E-state index contributed by atoms with van der Waals surface area (Å²) < 4.78 is 2.29. The quantitative estimate of drug-likeness (QED) is 0.732. The van der Waals surface area contributed by atoms with Gasteiger partial charge in [0.15, 0.2) is 5.82 Å². The molecule has 128 valence electrons. The van der Waals surface area contributed by atoms with Crippen molar-refractivity contribution in [3.05, 3.63) is 72.1 Å². The molecule has 1 aliphatic heterocycles. The van der Waals surface area contributed by atoms with Gasteiger partial charge in [0.05, 0.1) is 0 Å². The highest BCUT2D eigenvalue weighted by atomic mass is 15.3.